The second-order valence-electron chi connectivity index (χ2n) is 6.80. The summed E-state index contributed by atoms with van der Waals surface area (Å²) in [7, 11) is 0. The Morgan fingerprint density at radius 3 is 2.50 bits per heavy atom. The van der Waals surface area contributed by atoms with Crippen LogP contribution in [0.5, 0.6) is 0 Å². The topological polar surface area (TPSA) is 55.1 Å². The molecule has 28 heavy (non-hydrogen) atoms. The average molecular weight is 364 g/mol. The summed E-state index contributed by atoms with van der Waals surface area (Å²) in [5.74, 6) is -0.824. The molecule has 0 spiro atoms. The van der Waals surface area contributed by atoms with E-state index in [1.165, 1.54) is 16.7 Å². The fraction of sp³-hybridized carbons (Fsp3) is 0.130. The molecule has 0 bridgehead atoms. The first kappa shape index (κ1) is 19.9. The van der Waals surface area contributed by atoms with E-state index in [4.69, 9.17) is 5.11 Å². The van der Waals surface area contributed by atoms with Crippen LogP contribution < -0.4 is 0 Å². The van der Waals surface area contributed by atoms with E-state index >= 15 is 0 Å². The maximum absolute atomic E-state index is 10.8. The van der Waals surface area contributed by atoms with Gasteiger partial charge >= 0.3 is 24.8 Å². The quantitative estimate of drug-likeness (QED) is 0.550. The van der Waals surface area contributed by atoms with Crippen molar-refractivity contribution in [1.82, 2.24) is 9.55 Å². The van der Waals surface area contributed by atoms with Crippen molar-refractivity contribution >= 4 is 35.9 Å². The van der Waals surface area contributed by atoms with Crippen molar-refractivity contribution < 1.29 is 9.90 Å². The first-order valence-corrected chi connectivity index (χ1v) is 8.88. The monoisotopic (exact) mass is 364 g/mol. The van der Waals surface area contributed by atoms with E-state index in [2.05, 4.69) is 55.2 Å². The molecule has 4 rings (SSSR count). The Hall–Kier alpha value is -2.80. The number of nitrogens with zero attached hydrogens (tertiary/aromatic N) is 2. The van der Waals surface area contributed by atoms with Gasteiger partial charge in [-0.15, -0.1) is 0 Å². The molecule has 1 N–H and O–H groups in total. The molecule has 0 fully saturated rings. The molecule has 0 aliphatic rings. The first-order chi connectivity index (χ1) is 13.0. The number of carboxylic acid groups (broad SMARTS) is 1. The van der Waals surface area contributed by atoms with E-state index in [1.54, 1.807) is 0 Å². The summed E-state index contributed by atoms with van der Waals surface area (Å²) >= 11 is 0. The van der Waals surface area contributed by atoms with Crippen LogP contribution in [0.2, 0.25) is 0 Å². The molecule has 1 heterocycles. The summed E-state index contributed by atoms with van der Waals surface area (Å²) in [6.07, 6.45) is 1.84. The molecule has 0 saturated carbocycles. The van der Waals surface area contributed by atoms with Gasteiger partial charge in [-0.2, -0.15) is 0 Å². The van der Waals surface area contributed by atoms with E-state index in [-0.39, 0.29) is 25.3 Å². The summed E-state index contributed by atoms with van der Waals surface area (Å²) in [4.78, 5) is 15.4. The SMILES string of the molecule is Cc1cccc(-c2ccc3c(c2)ncn3-c2ccc(CC(=O)O)cc2)c1C.[LiH]. The van der Waals surface area contributed by atoms with Gasteiger partial charge < -0.3 is 5.11 Å². The number of carbonyl (C=O) groups is 1. The van der Waals surface area contributed by atoms with E-state index < -0.39 is 5.97 Å². The summed E-state index contributed by atoms with van der Waals surface area (Å²) in [6, 6.07) is 20.2. The zero-order valence-corrected chi connectivity index (χ0v) is 15.3. The van der Waals surface area contributed by atoms with Gasteiger partial charge in [-0.1, -0.05) is 36.4 Å². The van der Waals surface area contributed by atoms with Crippen molar-refractivity contribution in [2.24, 2.45) is 0 Å². The second-order valence-corrected chi connectivity index (χ2v) is 6.80. The van der Waals surface area contributed by atoms with Gasteiger partial charge in [0.2, 0.25) is 0 Å². The maximum atomic E-state index is 10.8. The van der Waals surface area contributed by atoms with Crippen LogP contribution in [-0.2, 0) is 11.2 Å². The summed E-state index contributed by atoms with van der Waals surface area (Å²) in [5, 5.41) is 8.90. The molecule has 5 heteroatoms. The van der Waals surface area contributed by atoms with Gasteiger partial charge in [0.15, 0.2) is 0 Å². The molecule has 0 atom stereocenters. The number of hydrogen-bond donors (Lipinski definition) is 1. The Kier molecular flexibility index (Phi) is 5.74. The number of rotatable bonds is 4. The first-order valence-electron chi connectivity index (χ1n) is 8.88. The zero-order valence-electron chi connectivity index (χ0n) is 15.3. The van der Waals surface area contributed by atoms with Crippen LogP contribution >= 0.6 is 0 Å². The molecule has 0 unspecified atom stereocenters. The fourth-order valence-electron chi connectivity index (χ4n) is 3.40. The predicted octanol–water partition coefficient (Wildman–Crippen LogP) is 4.29. The van der Waals surface area contributed by atoms with Gasteiger partial charge in [-0.3, -0.25) is 9.36 Å². The normalized spacial score (nSPS) is 10.6. The molecular formula is C23H21LiN2O2. The number of carboxylic acids is 1. The third kappa shape index (κ3) is 3.75. The van der Waals surface area contributed by atoms with E-state index in [9.17, 15) is 4.79 Å². The summed E-state index contributed by atoms with van der Waals surface area (Å²) < 4.78 is 2.02. The van der Waals surface area contributed by atoms with Gasteiger partial charge in [-0.05, 0) is 65.9 Å². The van der Waals surface area contributed by atoms with Crippen LogP contribution in [0.4, 0.5) is 0 Å². The molecule has 1 aromatic heterocycles. The molecule has 0 saturated heterocycles. The molecule has 4 nitrogen and oxygen atoms in total. The molecule has 0 aliphatic carbocycles. The van der Waals surface area contributed by atoms with Gasteiger partial charge in [-0.25, -0.2) is 4.98 Å². The van der Waals surface area contributed by atoms with Gasteiger partial charge in [0.1, 0.15) is 6.33 Å². The Balaban J connectivity index is 0.00000225. The predicted molar refractivity (Wildman–Crippen MR) is 114 cm³/mol. The molecule has 3 aromatic carbocycles. The Morgan fingerprint density at radius 1 is 1.04 bits per heavy atom. The van der Waals surface area contributed by atoms with Crippen molar-refractivity contribution in [3.8, 4) is 16.8 Å². The molecule has 136 valence electrons. The zero-order chi connectivity index (χ0) is 19.0. The van der Waals surface area contributed by atoms with Crippen LogP contribution in [0.1, 0.15) is 16.7 Å². The minimum atomic E-state index is -0.824. The van der Waals surface area contributed by atoms with Crippen LogP contribution in [0, 0.1) is 13.8 Å². The number of aryl methyl sites for hydroxylation is 1. The van der Waals surface area contributed by atoms with Crippen LogP contribution in [0.3, 0.4) is 0 Å². The van der Waals surface area contributed by atoms with Crippen LogP contribution in [0.25, 0.3) is 27.8 Å². The molecule has 0 aliphatic heterocycles. The molecule has 0 amide bonds. The average Bonchev–Trinajstić information content (AvgIpc) is 3.07. The van der Waals surface area contributed by atoms with Crippen molar-refractivity contribution in [1.29, 1.82) is 0 Å². The van der Waals surface area contributed by atoms with Crippen molar-refractivity contribution in [3.05, 3.63) is 83.7 Å². The number of aromatic nitrogens is 2. The van der Waals surface area contributed by atoms with E-state index in [1.807, 2.05) is 35.2 Å². The summed E-state index contributed by atoms with van der Waals surface area (Å²) in [5.41, 5.74) is 8.65. The molecular weight excluding hydrogens is 343 g/mol. The Bertz CT molecular complexity index is 1150. The fourth-order valence-corrected chi connectivity index (χ4v) is 3.40. The number of hydrogen-bond acceptors (Lipinski definition) is 2. The van der Waals surface area contributed by atoms with E-state index in [0.29, 0.717) is 0 Å². The number of benzene rings is 3. The van der Waals surface area contributed by atoms with Crippen molar-refractivity contribution in [2.45, 2.75) is 20.3 Å². The Morgan fingerprint density at radius 2 is 1.79 bits per heavy atom. The number of fused-ring (bicyclic) bond motifs is 1. The minimum absolute atomic E-state index is 0. The second kappa shape index (κ2) is 8.06. The van der Waals surface area contributed by atoms with Gasteiger partial charge in [0.25, 0.3) is 0 Å². The van der Waals surface area contributed by atoms with Crippen LogP contribution in [-0.4, -0.2) is 39.5 Å². The number of aliphatic carboxylic acids is 1. The standard InChI is InChI=1S/C23H20N2O2.Li.H/c1-15-4-3-5-20(16(15)2)18-8-11-22-21(13-18)24-14-25(22)19-9-6-17(7-10-19)12-23(26)27;;/h3-11,13-14H,12H2,1-2H3,(H,26,27);;. The van der Waals surface area contributed by atoms with E-state index in [0.717, 1.165) is 27.8 Å². The van der Waals surface area contributed by atoms with Gasteiger partial charge in [0, 0.05) is 5.69 Å². The third-order valence-corrected chi connectivity index (χ3v) is 5.03. The molecule has 0 radical (unpaired) electrons. The third-order valence-electron chi connectivity index (χ3n) is 5.03. The molecule has 4 aromatic rings. The van der Waals surface area contributed by atoms with Gasteiger partial charge in [0.05, 0.1) is 17.5 Å². The summed E-state index contributed by atoms with van der Waals surface area (Å²) in [6.45, 7) is 4.27. The Labute approximate surface area is 176 Å². The van der Waals surface area contributed by atoms with Crippen molar-refractivity contribution in [2.75, 3.05) is 0 Å². The van der Waals surface area contributed by atoms with Crippen molar-refractivity contribution in [3.63, 3.8) is 0 Å². The number of imidazole rings is 1. The van der Waals surface area contributed by atoms with Crippen LogP contribution in [0.15, 0.2) is 67.0 Å².